The van der Waals surface area contributed by atoms with Crippen LogP contribution in [0.15, 0.2) is 42.5 Å². The fourth-order valence-corrected chi connectivity index (χ4v) is 4.55. The number of hydrogen-bond donors (Lipinski definition) is 2. The molecule has 1 aliphatic rings. The number of aryl methyl sites for hydroxylation is 1. The second-order valence-corrected chi connectivity index (χ2v) is 8.25. The minimum absolute atomic E-state index is 0.275. The molecule has 0 saturated heterocycles. The Kier molecular flexibility index (Phi) is 8.08. The van der Waals surface area contributed by atoms with Gasteiger partial charge in [0.25, 0.3) is 0 Å². The van der Waals surface area contributed by atoms with Gasteiger partial charge in [-0.15, -0.1) is 0 Å². The van der Waals surface area contributed by atoms with E-state index in [-0.39, 0.29) is 6.61 Å². The molecule has 0 fully saturated rings. The van der Waals surface area contributed by atoms with Crippen molar-refractivity contribution in [3.05, 3.63) is 70.3 Å². The summed E-state index contributed by atoms with van der Waals surface area (Å²) >= 11 is 0. The topological polar surface area (TPSA) is 55.5 Å². The lowest BCUT2D eigenvalue weighted by Crippen LogP contribution is -2.18. The highest BCUT2D eigenvalue weighted by Crippen LogP contribution is 2.31. The number of ether oxygens (including phenoxy) is 1. The van der Waals surface area contributed by atoms with E-state index < -0.39 is 0 Å². The van der Waals surface area contributed by atoms with Gasteiger partial charge in [-0.1, -0.05) is 48.9 Å². The molecular formula is C25H35NO2. The highest BCUT2D eigenvalue weighted by Gasteiger charge is 2.20. The molecule has 2 atom stereocenters. The second-order valence-electron chi connectivity index (χ2n) is 8.25. The number of nitrogens with two attached hydrogens (primary N) is 1. The Balaban J connectivity index is 1.63. The molecule has 0 saturated carbocycles. The predicted octanol–water partition coefficient (Wildman–Crippen LogP) is 4.39. The summed E-state index contributed by atoms with van der Waals surface area (Å²) in [7, 11) is 1.75. The first kappa shape index (κ1) is 21.0. The number of aliphatic hydroxyl groups excluding tert-OH is 1. The maximum atomic E-state index is 9.02. The van der Waals surface area contributed by atoms with Crippen molar-refractivity contribution in [1.82, 2.24) is 0 Å². The number of methoxy groups -OCH3 is 1. The first-order valence-electron chi connectivity index (χ1n) is 10.7. The Bertz CT molecular complexity index is 743. The first-order valence-corrected chi connectivity index (χ1v) is 10.7. The van der Waals surface area contributed by atoms with Gasteiger partial charge in [-0.3, -0.25) is 0 Å². The van der Waals surface area contributed by atoms with E-state index in [1.54, 1.807) is 7.11 Å². The molecule has 1 aliphatic carbocycles. The largest absolute Gasteiger partial charge is 0.396 e. The molecule has 0 amide bonds. The van der Waals surface area contributed by atoms with Gasteiger partial charge in [0.05, 0.1) is 6.61 Å². The van der Waals surface area contributed by atoms with Crippen molar-refractivity contribution in [2.24, 2.45) is 11.7 Å². The van der Waals surface area contributed by atoms with Gasteiger partial charge in [0.1, 0.15) is 0 Å². The summed E-state index contributed by atoms with van der Waals surface area (Å²) in [6.07, 6.45) is 7.71. The molecule has 0 spiro atoms. The number of hydrogen-bond acceptors (Lipinski definition) is 3. The summed E-state index contributed by atoms with van der Waals surface area (Å²) in [5, 5.41) is 9.02. The van der Waals surface area contributed by atoms with Gasteiger partial charge >= 0.3 is 0 Å². The number of rotatable bonds is 10. The zero-order chi connectivity index (χ0) is 19.8. The average molecular weight is 382 g/mol. The molecule has 0 aliphatic heterocycles. The Hall–Kier alpha value is -1.68. The number of aliphatic hydroxyl groups is 1. The summed E-state index contributed by atoms with van der Waals surface area (Å²) < 4.78 is 5.27. The summed E-state index contributed by atoms with van der Waals surface area (Å²) in [6.45, 7) is 1.65. The van der Waals surface area contributed by atoms with Crippen LogP contribution in [0.5, 0.6) is 0 Å². The lowest BCUT2D eigenvalue weighted by atomic mass is 9.79. The Morgan fingerprint density at radius 3 is 2.75 bits per heavy atom. The van der Waals surface area contributed by atoms with Gasteiger partial charge < -0.3 is 15.6 Å². The molecule has 0 radical (unpaired) electrons. The number of fused-ring (bicyclic) bond motifs is 1. The normalized spacial score (nSPS) is 17.3. The third-order valence-electron chi connectivity index (χ3n) is 6.10. The molecule has 3 heteroatoms. The van der Waals surface area contributed by atoms with Crippen molar-refractivity contribution in [2.45, 2.75) is 57.5 Å². The van der Waals surface area contributed by atoms with Crippen LogP contribution in [0.4, 0.5) is 0 Å². The maximum Gasteiger partial charge on any atom is 0.0713 e. The van der Waals surface area contributed by atoms with Crippen molar-refractivity contribution in [2.75, 3.05) is 20.3 Å². The minimum atomic E-state index is 0.275. The molecular weight excluding hydrogens is 346 g/mol. The first-order chi connectivity index (χ1) is 13.7. The van der Waals surface area contributed by atoms with E-state index in [0.717, 1.165) is 25.7 Å². The highest BCUT2D eigenvalue weighted by molar-refractivity contribution is 5.36. The number of benzene rings is 2. The lowest BCUT2D eigenvalue weighted by molar-refractivity contribution is 0.185. The SMILES string of the molecule is COCc1cccc(C[C@@H]2CCc3cc([C@H](CN)CCCCO)ccc3C2)c1. The summed E-state index contributed by atoms with van der Waals surface area (Å²) in [6, 6.07) is 15.9. The summed E-state index contributed by atoms with van der Waals surface area (Å²) in [5.41, 5.74) is 13.1. The van der Waals surface area contributed by atoms with Crippen molar-refractivity contribution in [1.29, 1.82) is 0 Å². The monoisotopic (exact) mass is 381 g/mol. The Morgan fingerprint density at radius 1 is 1.11 bits per heavy atom. The average Bonchev–Trinajstić information content (AvgIpc) is 2.71. The van der Waals surface area contributed by atoms with E-state index in [0.29, 0.717) is 25.0 Å². The van der Waals surface area contributed by atoms with Crippen LogP contribution in [0, 0.1) is 5.92 Å². The summed E-state index contributed by atoms with van der Waals surface area (Å²) in [5.74, 6) is 1.13. The van der Waals surface area contributed by atoms with Crippen LogP contribution in [0.25, 0.3) is 0 Å². The van der Waals surface area contributed by atoms with Gasteiger partial charge in [0.2, 0.25) is 0 Å². The molecule has 0 heterocycles. The van der Waals surface area contributed by atoms with Crippen molar-refractivity contribution in [3.63, 3.8) is 0 Å². The molecule has 0 bridgehead atoms. The predicted molar refractivity (Wildman–Crippen MR) is 116 cm³/mol. The van der Waals surface area contributed by atoms with Gasteiger partial charge in [0, 0.05) is 13.7 Å². The van der Waals surface area contributed by atoms with E-state index in [1.165, 1.54) is 47.1 Å². The van der Waals surface area contributed by atoms with Gasteiger partial charge in [-0.2, -0.15) is 0 Å². The molecule has 28 heavy (non-hydrogen) atoms. The smallest absolute Gasteiger partial charge is 0.0713 e. The van der Waals surface area contributed by atoms with E-state index in [2.05, 4.69) is 42.5 Å². The van der Waals surface area contributed by atoms with Crippen LogP contribution >= 0.6 is 0 Å². The van der Waals surface area contributed by atoms with Gasteiger partial charge in [0.15, 0.2) is 0 Å². The molecule has 2 aromatic carbocycles. The molecule has 3 nitrogen and oxygen atoms in total. The maximum absolute atomic E-state index is 9.02. The second kappa shape index (κ2) is 10.8. The minimum Gasteiger partial charge on any atom is -0.396 e. The zero-order valence-electron chi connectivity index (χ0n) is 17.2. The van der Waals surface area contributed by atoms with Crippen LogP contribution in [-0.2, 0) is 30.6 Å². The standard InChI is InChI=1S/C25H35NO2/c1-28-18-21-6-4-5-19(14-21)13-20-8-9-23-16-24(11-10-22(23)15-20)25(17-26)7-2-3-12-27/h4-6,10-11,14,16,20,25,27H,2-3,7-9,12-13,15,17-18,26H2,1H3/t20-,25-/m0/s1. The van der Waals surface area contributed by atoms with Gasteiger partial charge in [-0.25, -0.2) is 0 Å². The molecule has 2 aromatic rings. The van der Waals surface area contributed by atoms with Crippen molar-refractivity contribution >= 4 is 0 Å². The third-order valence-corrected chi connectivity index (χ3v) is 6.10. The fourth-order valence-electron chi connectivity index (χ4n) is 4.55. The van der Waals surface area contributed by atoms with Crippen LogP contribution in [0.1, 0.15) is 59.4 Å². The highest BCUT2D eigenvalue weighted by atomic mass is 16.5. The number of unbranched alkanes of at least 4 members (excludes halogenated alkanes) is 1. The molecule has 152 valence electrons. The van der Waals surface area contributed by atoms with Crippen LogP contribution in [0.2, 0.25) is 0 Å². The van der Waals surface area contributed by atoms with E-state index in [1.807, 2.05) is 0 Å². The van der Waals surface area contributed by atoms with Crippen molar-refractivity contribution in [3.8, 4) is 0 Å². The fraction of sp³-hybridized carbons (Fsp3) is 0.520. The lowest BCUT2D eigenvalue weighted by Gasteiger charge is -2.26. The molecule has 3 N–H and O–H groups in total. The molecule has 0 unspecified atom stereocenters. The third kappa shape index (κ3) is 5.66. The van der Waals surface area contributed by atoms with Crippen molar-refractivity contribution < 1.29 is 9.84 Å². The van der Waals surface area contributed by atoms with E-state index >= 15 is 0 Å². The Morgan fingerprint density at radius 2 is 1.96 bits per heavy atom. The molecule has 3 rings (SSSR count). The van der Waals surface area contributed by atoms with E-state index in [4.69, 9.17) is 15.6 Å². The quantitative estimate of drug-likeness (QED) is 0.600. The van der Waals surface area contributed by atoms with Crippen LogP contribution < -0.4 is 5.73 Å². The molecule has 0 aromatic heterocycles. The van der Waals surface area contributed by atoms with Gasteiger partial charge in [-0.05, 0) is 84.7 Å². The Labute approximate surface area is 169 Å². The zero-order valence-corrected chi connectivity index (χ0v) is 17.2. The summed E-state index contributed by atoms with van der Waals surface area (Å²) in [4.78, 5) is 0. The van der Waals surface area contributed by atoms with Crippen LogP contribution in [-0.4, -0.2) is 25.4 Å². The van der Waals surface area contributed by atoms with E-state index in [9.17, 15) is 0 Å². The van der Waals surface area contributed by atoms with Crippen LogP contribution in [0.3, 0.4) is 0 Å².